The maximum absolute atomic E-state index is 11.4. The molecule has 1 aliphatic rings. The van der Waals surface area contributed by atoms with Crippen molar-refractivity contribution in [3.8, 4) is 0 Å². The second-order valence-electron chi connectivity index (χ2n) is 3.52. The van der Waals surface area contributed by atoms with Gasteiger partial charge in [0.2, 0.25) is 5.91 Å². The van der Waals surface area contributed by atoms with Gasteiger partial charge in [0, 0.05) is 12.6 Å². The van der Waals surface area contributed by atoms with E-state index in [0.29, 0.717) is 13.0 Å². The lowest BCUT2D eigenvalue weighted by Crippen LogP contribution is -2.44. The minimum atomic E-state index is -0.460. The zero-order valence-corrected chi connectivity index (χ0v) is 7.53. The number of nitrogens with zero attached hydrogens (tertiary/aromatic N) is 1. The monoisotopic (exact) mass is 172 g/mol. The summed E-state index contributed by atoms with van der Waals surface area (Å²) in [6, 6.07) is -0.337. The topological polar surface area (TPSA) is 66.6 Å². The van der Waals surface area contributed by atoms with Gasteiger partial charge in [0.05, 0.1) is 12.1 Å². The summed E-state index contributed by atoms with van der Waals surface area (Å²) in [6.07, 6.45) is 0.293. The predicted octanol–water partition coefficient (Wildman–Crippen LogP) is -0.685. The Bertz CT molecular complexity index is 182. The fraction of sp³-hybridized carbons (Fsp3) is 0.875. The van der Waals surface area contributed by atoms with Crippen LogP contribution in [0.5, 0.6) is 0 Å². The third-order valence-corrected chi connectivity index (χ3v) is 2.23. The summed E-state index contributed by atoms with van der Waals surface area (Å²) in [4.78, 5) is 13.0. The minimum Gasteiger partial charge on any atom is -0.391 e. The molecule has 4 heteroatoms. The van der Waals surface area contributed by atoms with Crippen LogP contribution >= 0.6 is 0 Å². The van der Waals surface area contributed by atoms with Crippen molar-refractivity contribution in [3.63, 3.8) is 0 Å². The number of amides is 1. The predicted molar refractivity (Wildman–Crippen MR) is 45.4 cm³/mol. The first kappa shape index (κ1) is 9.48. The first-order valence-electron chi connectivity index (χ1n) is 4.26. The summed E-state index contributed by atoms with van der Waals surface area (Å²) in [5, 5.41) is 9.27. The number of nitrogens with two attached hydrogens (primary N) is 1. The molecule has 0 saturated carbocycles. The molecule has 1 heterocycles. The van der Waals surface area contributed by atoms with Crippen LogP contribution in [0.2, 0.25) is 0 Å². The molecule has 3 N–H and O–H groups in total. The quantitative estimate of drug-likeness (QED) is 0.550. The van der Waals surface area contributed by atoms with Crippen LogP contribution in [-0.4, -0.2) is 40.6 Å². The number of likely N-dealkylation sites (tertiary alicyclic amines) is 1. The molecule has 70 valence electrons. The summed E-state index contributed by atoms with van der Waals surface area (Å²) in [5.74, 6) is -0.0703. The zero-order chi connectivity index (χ0) is 9.30. The van der Waals surface area contributed by atoms with Crippen LogP contribution in [0.1, 0.15) is 20.3 Å². The average Bonchev–Trinajstić information content (AvgIpc) is 2.28. The van der Waals surface area contributed by atoms with Gasteiger partial charge < -0.3 is 15.7 Å². The van der Waals surface area contributed by atoms with E-state index < -0.39 is 6.04 Å². The lowest BCUT2D eigenvalue weighted by Gasteiger charge is -2.22. The van der Waals surface area contributed by atoms with E-state index in [2.05, 4.69) is 0 Å². The Morgan fingerprint density at radius 2 is 2.33 bits per heavy atom. The Hall–Kier alpha value is -0.610. The van der Waals surface area contributed by atoms with Gasteiger partial charge in [-0.2, -0.15) is 0 Å². The first-order chi connectivity index (χ1) is 5.52. The SMILES string of the molecule is CC1CC(O)CN1C(=O)[C@@H](C)N. The average molecular weight is 172 g/mol. The van der Waals surface area contributed by atoms with Crippen molar-refractivity contribution in [3.05, 3.63) is 0 Å². The van der Waals surface area contributed by atoms with Crippen LogP contribution in [0.15, 0.2) is 0 Å². The molecule has 0 aromatic carbocycles. The van der Waals surface area contributed by atoms with E-state index >= 15 is 0 Å². The van der Waals surface area contributed by atoms with Crippen molar-refractivity contribution < 1.29 is 9.90 Å². The second-order valence-corrected chi connectivity index (χ2v) is 3.52. The highest BCUT2D eigenvalue weighted by atomic mass is 16.3. The van der Waals surface area contributed by atoms with Gasteiger partial charge in [-0.1, -0.05) is 0 Å². The van der Waals surface area contributed by atoms with Gasteiger partial charge in [0.15, 0.2) is 0 Å². The van der Waals surface area contributed by atoms with Gasteiger partial charge in [-0.15, -0.1) is 0 Å². The molecular weight excluding hydrogens is 156 g/mol. The minimum absolute atomic E-state index is 0.0703. The van der Waals surface area contributed by atoms with Gasteiger partial charge in [-0.25, -0.2) is 0 Å². The number of β-amino-alcohol motifs (C(OH)–C–C–N with tert-alkyl or cyclic N) is 1. The summed E-state index contributed by atoms with van der Waals surface area (Å²) in [7, 11) is 0. The second kappa shape index (κ2) is 3.41. The van der Waals surface area contributed by atoms with Crippen LogP contribution < -0.4 is 5.73 Å². The van der Waals surface area contributed by atoms with Crippen LogP contribution in [0.4, 0.5) is 0 Å². The number of aliphatic hydroxyl groups is 1. The standard InChI is InChI=1S/C8H16N2O2/c1-5-3-7(11)4-10(5)8(12)6(2)9/h5-7,11H,3-4,9H2,1-2H3/t5?,6-,7?/m1/s1. The zero-order valence-electron chi connectivity index (χ0n) is 7.53. The van der Waals surface area contributed by atoms with Crippen LogP contribution in [0.3, 0.4) is 0 Å². The number of hydrogen-bond donors (Lipinski definition) is 2. The molecule has 0 bridgehead atoms. The Kier molecular flexibility index (Phi) is 2.69. The molecule has 1 saturated heterocycles. The molecule has 12 heavy (non-hydrogen) atoms. The molecule has 0 aromatic heterocycles. The van der Waals surface area contributed by atoms with Crippen molar-refractivity contribution in [1.29, 1.82) is 0 Å². The van der Waals surface area contributed by atoms with E-state index in [1.807, 2.05) is 6.92 Å². The van der Waals surface area contributed by atoms with E-state index in [1.54, 1.807) is 11.8 Å². The number of carbonyl (C=O) groups is 1. The highest BCUT2D eigenvalue weighted by Crippen LogP contribution is 2.17. The van der Waals surface area contributed by atoms with Crippen LogP contribution in [-0.2, 0) is 4.79 Å². The largest absolute Gasteiger partial charge is 0.391 e. The Balaban J connectivity index is 2.58. The molecule has 0 aromatic rings. The van der Waals surface area contributed by atoms with Gasteiger partial charge in [-0.3, -0.25) is 4.79 Å². The van der Waals surface area contributed by atoms with E-state index in [1.165, 1.54) is 0 Å². The molecule has 1 aliphatic heterocycles. The van der Waals surface area contributed by atoms with Crippen LogP contribution in [0, 0.1) is 0 Å². The summed E-state index contributed by atoms with van der Waals surface area (Å²) >= 11 is 0. The van der Waals surface area contributed by atoms with Crippen molar-refractivity contribution in [2.45, 2.75) is 38.5 Å². The molecule has 0 spiro atoms. The third-order valence-electron chi connectivity index (χ3n) is 2.23. The Morgan fingerprint density at radius 1 is 1.75 bits per heavy atom. The number of hydrogen-bond acceptors (Lipinski definition) is 3. The molecule has 1 rings (SSSR count). The molecule has 4 nitrogen and oxygen atoms in total. The molecule has 1 fully saturated rings. The fourth-order valence-corrected chi connectivity index (χ4v) is 1.57. The summed E-state index contributed by atoms with van der Waals surface area (Å²) < 4.78 is 0. The maximum Gasteiger partial charge on any atom is 0.239 e. The molecule has 0 radical (unpaired) electrons. The maximum atomic E-state index is 11.4. The molecule has 1 amide bonds. The van der Waals surface area contributed by atoms with Crippen molar-refractivity contribution in [2.75, 3.05) is 6.54 Å². The number of carbonyl (C=O) groups excluding carboxylic acids is 1. The Morgan fingerprint density at radius 3 is 2.67 bits per heavy atom. The van der Waals surface area contributed by atoms with E-state index in [0.717, 1.165) is 0 Å². The lowest BCUT2D eigenvalue weighted by molar-refractivity contribution is -0.133. The van der Waals surface area contributed by atoms with Gasteiger partial charge in [0.1, 0.15) is 0 Å². The van der Waals surface area contributed by atoms with Crippen molar-refractivity contribution >= 4 is 5.91 Å². The normalized spacial score (nSPS) is 32.2. The molecule has 0 aliphatic carbocycles. The molecular formula is C8H16N2O2. The number of aliphatic hydroxyl groups excluding tert-OH is 1. The third kappa shape index (κ3) is 1.76. The molecule has 2 unspecified atom stereocenters. The highest BCUT2D eigenvalue weighted by Gasteiger charge is 2.32. The highest BCUT2D eigenvalue weighted by molar-refractivity contribution is 5.81. The van der Waals surface area contributed by atoms with Gasteiger partial charge >= 0.3 is 0 Å². The number of rotatable bonds is 1. The van der Waals surface area contributed by atoms with Crippen molar-refractivity contribution in [2.24, 2.45) is 5.73 Å². The van der Waals surface area contributed by atoms with E-state index in [4.69, 9.17) is 5.73 Å². The summed E-state index contributed by atoms with van der Waals surface area (Å²) in [5.41, 5.74) is 5.45. The van der Waals surface area contributed by atoms with E-state index in [9.17, 15) is 9.90 Å². The van der Waals surface area contributed by atoms with Crippen LogP contribution in [0.25, 0.3) is 0 Å². The lowest BCUT2D eigenvalue weighted by atomic mass is 10.2. The van der Waals surface area contributed by atoms with Crippen molar-refractivity contribution in [1.82, 2.24) is 4.90 Å². The van der Waals surface area contributed by atoms with Gasteiger partial charge in [-0.05, 0) is 20.3 Å². The Labute approximate surface area is 72.3 Å². The van der Waals surface area contributed by atoms with Gasteiger partial charge in [0.25, 0.3) is 0 Å². The molecule has 3 atom stereocenters. The first-order valence-corrected chi connectivity index (χ1v) is 4.26. The fourth-order valence-electron chi connectivity index (χ4n) is 1.57. The van der Waals surface area contributed by atoms with E-state index in [-0.39, 0.29) is 18.1 Å². The smallest absolute Gasteiger partial charge is 0.239 e. The summed E-state index contributed by atoms with van der Waals surface area (Å²) in [6.45, 7) is 4.03.